The summed E-state index contributed by atoms with van der Waals surface area (Å²) in [7, 11) is 0. The minimum atomic E-state index is 0.448. The van der Waals surface area contributed by atoms with Gasteiger partial charge in [-0.15, -0.1) is 0 Å². The van der Waals surface area contributed by atoms with Crippen molar-refractivity contribution in [1.82, 2.24) is 19.5 Å². The Bertz CT molecular complexity index is 1220. The van der Waals surface area contributed by atoms with Gasteiger partial charge < -0.3 is 10.5 Å². The summed E-state index contributed by atoms with van der Waals surface area (Å²) in [4.78, 5) is 14.1. The van der Waals surface area contributed by atoms with Crippen molar-refractivity contribution < 1.29 is 4.74 Å². The van der Waals surface area contributed by atoms with Crippen LogP contribution in [0.3, 0.4) is 0 Å². The second kappa shape index (κ2) is 7.14. The molecule has 1 aliphatic rings. The zero-order valence-corrected chi connectivity index (χ0v) is 16.2. The first-order chi connectivity index (χ1) is 14.2. The van der Waals surface area contributed by atoms with Gasteiger partial charge in [-0.2, -0.15) is 0 Å². The quantitative estimate of drug-likeness (QED) is 0.574. The summed E-state index contributed by atoms with van der Waals surface area (Å²) in [6.45, 7) is 3.42. The number of pyridine rings is 2. The third-order valence-corrected chi connectivity index (χ3v) is 5.17. The molecule has 2 N–H and O–H groups in total. The van der Waals surface area contributed by atoms with Crippen LogP contribution >= 0.6 is 0 Å². The number of hydrogen-bond donors (Lipinski definition) is 1. The van der Waals surface area contributed by atoms with Gasteiger partial charge in [-0.1, -0.05) is 23.8 Å². The lowest BCUT2D eigenvalue weighted by Crippen LogP contribution is -2.06. The monoisotopic (exact) mass is 383 g/mol. The van der Waals surface area contributed by atoms with E-state index < -0.39 is 0 Å². The van der Waals surface area contributed by atoms with Crippen molar-refractivity contribution in [3.8, 4) is 17.1 Å². The molecule has 29 heavy (non-hydrogen) atoms. The van der Waals surface area contributed by atoms with Gasteiger partial charge >= 0.3 is 0 Å². The van der Waals surface area contributed by atoms with Gasteiger partial charge in [-0.3, -0.25) is 4.57 Å². The van der Waals surface area contributed by atoms with Crippen molar-refractivity contribution in [1.29, 1.82) is 0 Å². The zero-order valence-electron chi connectivity index (χ0n) is 16.2. The van der Waals surface area contributed by atoms with E-state index in [1.165, 1.54) is 11.1 Å². The second-order valence-corrected chi connectivity index (χ2v) is 7.14. The maximum Gasteiger partial charge on any atom is 0.165 e. The summed E-state index contributed by atoms with van der Waals surface area (Å²) >= 11 is 0. The van der Waals surface area contributed by atoms with Gasteiger partial charge in [0, 0.05) is 11.9 Å². The fourth-order valence-electron chi connectivity index (χ4n) is 3.62. The summed E-state index contributed by atoms with van der Waals surface area (Å²) in [5.41, 5.74) is 12.9. The lowest BCUT2D eigenvalue weighted by Gasteiger charge is -2.14. The van der Waals surface area contributed by atoms with Crippen LogP contribution in [0.2, 0.25) is 0 Å². The molecule has 0 saturated heterocycles. The number of benzene rings is 1. The lowest BCUT2D eigenvalue weighted by molar-refractivity contribution is 0.161. The van der Waals surface area contributed by atoms with E-state index in [0.717, 1.165) is 47.0 Å². The van der Waals surface area contributed by atoms with Crippen LogP contribution in [-0.4, -0.2) is 32.7 Å². The van der Waals surface area contributed by atoms with Crippen molar-refractivity contribution in [2.24, 2.45) is 0 Å². The number of fused-ring (bicyclic) bond motifs is 1. The number of nitrogen functional groups attached to an aromatic ring is 1. The molecule has 6 nitrogen and oxygen atoms in total. The molecule has 0 aliphatic carbocycles. The van der Waals surface area contributed by atoms with Crippen LogP contribution in [0.5, 0.6) is 0 Å². The molecule has 4 aromatic rings. The van der Waals surface area contributed by atoms with Crippen LogP contribution in [-0.2, 0) is 4.74 Å². The third kappa shape index (κ3) is 3.17. The Morgan fingerprint density at radius 3 is 2.66 bits per heavy atom. The number of nitrogens with two attached hydrogens (primary N) is 1. The summed E-state index contributed by atoms with van der Waals surface area (Å²) < 4.78 is 7.51. The smallest absolute Gasteiger partial charge is 0.165 e. The molecule has 0 unspecified atom stereocenters. The maximum atomic E-state index is 6.18. The Kier molecular flexibility index (Phi) is 4.33. The highest BCUT2D eigenvalue weighted by atomic mass is 16.5. The van der Waals surface area contributed by atoms with E-state index in [2.05, 4.69) is 46.8 Å². The van der Waals surface area contributed by atoms with Gasteiger partial charge in [0.1, 0.15) is 11.3 Å². The maximum absolute atomic E-state index is 6.18. The zero-order chi connectivity index (χ0) is 19.8. The van der Waals surface area contributed by atoms with Gasteiger partial charge in [0.15, 0.2) is 11.5 Å². The fraction of sp³-hybridized carbons (Fsp3) is 0.174. The summed E-state index contributed by atoms with van der Waals surface area (Å²) in [6.07, 6.45) is 4.65. The summed E-state index contributed by atoms with van der Waals surface area (Å²) in [6, 6.07) is 16.2. The van der Waals surface area contributed by atoms with Crippen LogP contribution in [0.4, 0.5) is 5.82 Å². The average Bonchev–Trinajstić information content (AvgIpc) is 3.14. The number of aromatic nitrogens is 4. The van der Waals surface area contributed by atoms with Crippen LogP contribution < -0.4 is 5.73 Å². The Morgan fingerprint density at radius 1 is 1.03 bits per heavy atom. The molecule has 4 heterocycles. The van der Waals surface area contributed by atoms with E-state index in [0.29, 0.717) is 12.4 Å². The van der Waals surface area contributed by atoms with E-state index in [9.17, 15) is 0 Å². The predicted octanol–water partition coefficient (Wildman–Crippen LogP) is 4.18. The highest BCUT2D eigenvalue weighted by Crippen LogP contribution is 2.31. The van der Waals surface area contributed by atoms with Gasteiger partial charge in [-0.05, 0) is 55.3 Å². The number of hydrogen-bond acceptors (Lipinski definition) is 5. The van der Waals surface area contributed by atoms with Crippen LogP contribution in [0.15, 0.2) is 60.8 Å². The molecule has 0 radical (unpaired) electrons. The first-order valence-corrected chi connectivity index (χ1v) is 9.65. The first-order valence-electron chi connectivity index (χ1n) is 9.65. The van der Waals surface area contributed by atoms with Gasteiger partial charge in [0.2, 0.25) is 0 Å². The molecule has 3 aromatic heterocycles. The molecular formula is C23H21N5O. The number of anilines is 1. The third-order valence-electron chi connectivity index (χ3n) is 5.17. The largest absolute Gasteiger partial charge is 0.383 e. The number of ether oxygens (including phenoxy) is 1. The number of aryl methyl sites for hydroxylation is 1. The Labute approximate surface area is 168 Å². The molecule has 0 bridgehead atoms. The average molecular weight is 383 g/mol. The molecule has 0 saturated carbocycles. The van der Waals surface area contributed by atoms with E-state index in [4.69, 9.17) is 20.4 Å². The van der Waals surface area contributed by atoms with Crippen LogP contribution in [0.1, 0.15) is 17.7 Å². The first kappa shape index (κ1) is 17.6. The molecule has 1 aromatic carbocycles. The Balaban J connectivity index is 1.78. The van der Waals surface area contributed by atoms with Crippen molar-refractivity contribution in [2.75, 3.05) is 18.9 Å². The number of rotatable bonds is 3. The van der Waals surface area contributed by atoms with E-state index in [-0.39, 0.29) is 0 Å². The predicted molar refractivity (Wildman–Crippen MR) is 115 cm³/mol. The van der Waals surface area contributed by atoms with Crippen molar-refractivity contribution in [3.05, 3.63) is 72.1 Å². The highest BCUT2D eigenvalue weighted by molar-refractivity contribution is 5.84. The molecule has 1 aliphatic heterocycles. The van der Waals surface area contributed by atoms with Crippen LogP contribution in [0.25, 0.3) is 33.8 Å². The summed E-state index contributed by atoms with van der Waals surface area (Å²) in [5.74, 6) is 1.18. The fourth-order valence-corrected chi connectivity index (χ4v) is 3.62. The molecule has 5 rings (SSSR count). The number of imidazole rings is 1. The topological polar surface area (TPSA) is 78.9 Å². The minimum Gasteiger partial charge on any atom is -0.383 e. The highest BCUT2D eigenvalue weighted by Gasteiger charge is 2.19. The molecule has 0 fully saturated rings. The minimum absolute atomic E-state index is 0.448. The molecular weight excluding hydrogens is 362 g/mol. The molecule has 144 valence electrons. The molecule has 6 heteroatoms. The van der Waals surface area contributed by atoms with Gasteiger partial charge in [0.05, 0.1) is 24.5 Å². The normalized spacial score (nSPS) is 14.2. The van der Waals surface area contributed by atoms with Crippen molar-refractivity contribution in [2.45, 2.75) is 13.3 Å². The Morgan fingerprint density at radius 2 is 1.90 bits per heavy atom. The summed E-state index contributed by atoms with van der Waals surface area (Å²) in [5, 5.41) is 0. The number of nitrogens with zero attached hydrogens (tertiary/aromatic N) is 4. The van der Waals surface area contributed by atoms with Crippen LogP contribution in [0, 0.1) is 6.92 Å². The van der Waals surface area contributed by atoms with Gasteiger partial charge in [-0.25, -0.2) is 15.0 Å². The van der Waals surface area contributed by atoms with E-state index in [1.54, 1.807) is 6.20 Å². The van der Waals surface area contributed by atoms with Gasteiger partial charge in [0.25, 0.3) is 0 Å². The van der Waals surface area contributed by atoms with Crippen molar-refractivity contribution >= 4 is 22.6 Å². The molecule has 0 spiro atoms. The Hall–Kier alpha value is -3.51. The molecule has 0 amide bonds. The SMILES string of the molecule is Cc1ccc(-n2c(-c3cccnc3N)nc3ccc(C4=CCOCC4)nc32)cc1. The standard InChI is InChI=1S/C23H21N5O/c1-15-4-6-17(7-5-15)28-22(18-3-2-12-25-21(18)24)27-20-9-8-19(26-23(20)28)16-10-13-29-14-11-16/h2-10,12H,11,13-14H2,1H3,(H2,24,25). The molecule has 0 atom stereocenters. The second-order valence-electron chi connectivity index (χ2n) is 7.14. The van der Waals surface area contributed by atoms with E-state index in [1.807, 2.05) is 24.3 Å². The van der Waals surface area contributed by atoms with E-state index >= 15 is 0 Å². The van der Waals surface area contributed by atoms with Crippen molar-refractivity contribution in [3.63, 3.8) is 0 Å². The lowest BCUT2D eigenvalue weighted by atomic mass is 10.1.